The summed E-state index contributed by atoms with van der Waals surface area (Å²) < 4.78 is 42.3. The average molecular weight is 240 g/mol. The van der Waals surface area contributed by atoms with Gasteiger partial charge in [-0.1, -0.05) is 0 Å². The maximum absolute atomic E-state index is 12.4. The zero-order valence-electron chi connectivity index (χ0n) is 8.48. The highest BCUT2D eigenvalue weighted by atomic mass is 19.4. The molecule has 0 aliphatic carbocycles. The van der Waals surface area contributed by atoms with Gasteiger partial charge >= 0.3 is 6.18 Å². The van der Waals surface area contributed by atoms with Gasteiger partial charge < -0.3 is 4.74 Å². The summed E-state index contributed by atoms with van der Waals surface area (Å²) >= 11 is 0. The summed E-state index contributed by atoms with van der Waals surface area (Å²) in [5, 5.41) is 0. The second-order valence-electron chi connectivity index (χ2n) is 3.17. The molecule has 0 saturated heterocycles. The van der Waals surface area contributed by atoms with E-state index in [1.807, 2.05) is 0 Å². The van der Waals surface area contributed by atoms with E-state index in [1.165, 1.54) is 12.3 Å². The van der Waals surface area contributed by atoms with Crippen LogP contribution in [0, 0.1) is 0 Å². The van der Waals surface area contributed by atoms with Crippen molar-refractivity contribution in [3.63, 3.8) is 0 Å². The van der Waals surface area contributed by atoms with Crippen molar-refractivity contribution < 1.29 is 17.9 Å². The highest BCUT2D eigenvalue weighted by Gasteiger charge is 2.32. The van der Waals surface area contributed by atoms with Gasteiger partial charge in [0.2, 0.25) is 0 Å². The molecule has 0 radical (unpaired) electrons. The van der Waals surface area contributed by atoms with E-state index in [4.69, 9.17) is 4.74 Å². The molecule has 2 heterocycles. The van der Waals surface area contributed by atoms with Gasteiger partial charge in [-0.05, 0) is 18.2 Å². The Balaban J connectivity index is 2.23. The Morgan fingerprint density at radius 3 is 2.53 bits per heavy atom. The van der Waals surface area contributed by atoms with Crippen LogP contribution in [0.4, 0.5) is 13.2 Å². The maximum atomic E-state index is 12.4. The Morgan fingerprint density at radius 2 is 1.88 bits per heavy atom. The molecule has 3 nitrogen and oxygen atoms in total. The summed E-state index contributed by atoms with van der Waals surface area (Å²) in [6.07, 6.45) is -0.475. The zero-order valence-corrected chi connectivity index (χ0v) is 8.48. The van der Waals surface area contributed by atoms with Crippen LogP contribution in [0.2, 0.25) is 0 Å². The number of aromatic nitrogens is 2. The maximum Gasteiger partial charge on any atom is 0.433 e. The van der Waals surface area contributed by atoms with Crippen LogP contribution in [0.1, 0.15) is 5.69 Å². The largest absolute Gasteiger partial charge is 0.456 e. The predicted octanol–water partition coefficient (Wildman–Crippen LogP) is 3.29. The lowest BCUT2D eigenvalue weighted by Crippen LogP contribution is -2.07. The lowest BCUT2D eigenvalue weighted by atomic mass is 10.3. The zero-order chi connectivity index (χ0) is 12.3. The fourth-order valence-electron chi connectivity index (χ4n) is 1.17. The normalized spacial score (nSPS) is 11.2. The molecule has 0 spiro atoms. The van der Waals surface area contributed by atoms with Crippen molar-refractivity contribution in [3.8, 4) is 11.5 Å². The molecule has 88 valence electrons. The summed E-state index contributed by atoms with van der Waals surface area (Å²) in [7, 11) is 0. The van der Waals surface area contributed by atoms with Crippen LogP contribution in [0.25, 0.3) is 0 Å². The summed E-state index contributed by atoms with van der Waals surface area (Å²) in [6.45, 7) is 0. The molecule has 0 amide bonds. The number of pyridine rings is 2. The van der Waals surface area contributed by atoms with Crippen LogP contribution >= 0.6 is 0 Å². The quantitative estimate of drug-likeness (QED) is 0.807. The van der Waals surface area contributed by atoms with Crippen molar-refractivity contribution in [2.75, 3.05) is 0 Å². The monoisotopic (exact) mass is 240 g/mol. The average Bonchev–Trinajstić information content (AvgIpc) is 2.29. The standard InChI is InChI=1S/C11H7F3N2O/c12-11(13,14)10-6-8(3-5-16-10)17-9-2-1-4-15-7-9/h1-7H. The van der Waals surface area contributed by atoms with Crippen LogP contribution in [0.3, 0.4) is 0 Å². The molecule has 0 aliphatic heterocycles. The van der Waals surface area contributed by atoms with Gasteiger partial charge in [0, 0.05) is 18.5 Å². The molecule has 0 saturated carbocycles. The third kappa shape index (κ3) is 2.93. The molecule has 0 aromatic carbocycles. The van der Waals surface area contributed by atoms with E-state index < -0.39 is 11.9 Å². The van der Waals surface area contributed by atoms with E-state index in [9.17, 15) is 13.2 Å². The lowest BCUT2D eigenvalue weighted by Gasteiger charge is -2.08. The molecule has 2 rings (SSSR count). The molecule has 0 atom stereocenters. The molecule has 2 aromatic heterocycles. The first-order valence-corrected chi connectivity index (χ1v) is 4.67. The molecule has 0 bridgehead atoms. The smallest absolute Gasteiger partial charge is 0.433 e. The van der Waals surface area contributed by atoms with Crippen molar-refractivity contribution in [1.82, 2.24) is 9.97 Å². The fourth-order valence-corrected chi connectivity index (χ4v) is 1.17. The van der Waals surface area contributed by atoms with Crippen LogP contribution < -0.4 is 4.74 Å². The van der Waals surface area contributed by atoms with Crippen LogP contribution in [0.15, 0.2) is 42.9 Å². The van der Waals surface area contributed by atoms with Gasteiger partial charge in [-0.3, -0.25) is 9.97 Å². The molecule has 0 N–H and O–H groups in total. The summed E-state index contributed by atoms with van der Waals surface area (Å²) in [5.74, 6) is 0.437. The molecule has 0 fully saturated rings. The molecule has 0 aliphatic rings. The van der Waals surface area contributed by atoms with E-state index in [1.54, 1.807) is 18.3 Å². The van der Waals surface area contributed by atoms with Gasteiger partial charge in [-0.25, -0.2) is 0 Å². The molecular weight excluding hydrogens is 233 g/mol. The van der Waals surface area contributed by atoms with E-state index in [-0.39, 0.29) is 5.75 Å². The third-order valence-electron chi connectivity index (χ3n) is 1.89. The minimum atomic E-state index is -4.48. The van der Waals surface area contributed by atoms with Crippen molar-refractivity contribution in [2.45, 2.75) is 6.18 Å². The van der Waals surface area contributed by atoms with Gasteiger partial charge in [0.1, 0.15) is 17.2 Å². The number of nitrogens with zero attached hydrogens (tertiary/aromatic N) is 2. The summed E-state index contributed by atoms with van der Waals surface area (Å²) in [4.78, 5) is 7.02. The SMILES string of the molecule is FC(F)(F)c1cc(Oc2cccnc2)ccn1. The van der Waals surface area contributed by atoms with Gasteiger partial charge in [-0.2, -0.15) is 13.2 Å². The van der Waals surface area contributed by atoms with E-state index in [2.05, 4.69) is 9.97 Å². The Labute approximate surface area is 94.9 Å². The molecular formula is C11H7F3N2O. The van der Waals surface area contributed by atoms with Crippen molar-refractivity contribution in [3.05, 3.63) is 48.5 Å². The van der Waals surface area contributed by atoms with Gasteiger partial charge in [0.05, 0.1) is 6.20 Å². The number of halogens is 3. The predicted molar refractivity (Wildman–Crippen MR) is 53.6 cm³/mol. The fraction of sp³-hybridized carbons (Fsp3) is 0.0909. The Kier molecular flexibility index (Phi) is 2.95. The lowest BCUT2D eigenvalue weighted by molar-refractivity contribution is -0.141. The van der Waals surface area contributed by atoms with Gasteiger partial charge in [0.25, 0.3) is 0 Å². The first-order chi connectivity index (χ1) is 8.05. The Morgan fingerprint density at radius 1 is 1.06 bits per heavy atom. The minimum Gasteiger partial charge on any atom is -0.456 e. The van der Waals surface area contributed by atoms with E-state index >= 15 is 0 Å². The first kappa shape index (κ1) is 11.4. The summed E-state index contributed by atoms with van der Waals surface area (Å²) in [5.41, 5.74) is -0.987. The number of alkyl halides is 3. The Hall–Kier alpha value is -2.11. The van der Waals surface area contributed by atoms with Gasteiger partial charge in [0.15, 0.2) is 0 Å². The second-order valence-corrected chi connectivity index (χ2v) is 3.17. The first-order valence-electron chi connectivity index (χ1n) is 4.67. The van der Waals surface area contributed by atoms with Crippen molar-refractivity contribution >= 4 is 0 Å². The van der Waals surface area contributed by atoms with Gasteiger partial charge in [-0.15, -0.1) is 0 Å². The molecule has 0 unspecified atom stereocenters. The Bertz CT molecular complexity index is 500. The van der Waals surface area contributed by atoms with Crippen molar-refractivity contribution in [2.24, 2.45) is 0 Å². The summed E-state index contributed by atoms with van der Waals surface area (Å²) in [6, 6.07) is 5.41. The van der Waals surface area contributed by atoms with Crippen molar-refractivity contribution in [1.29, 1.82) is 0 Å². The van der Waals surface area contributed by atoms with Crippen LogP contribution in [0.5, 0.6) is 11.5 Å². The third-order valence-corrected chi connectivity index (χ3v) is 1.89. The topological polar surface area (TPSA) is 35.0 Å². The van der Waals surface area contributed by atoms with E-state index in [0.29, 0.717) is 5.75 Å². The second kappa shape index (κ2) is 4.40. The minimum absolute atomic E-state index is 0.0697. The number of rotatable bonds is 2. The van der Waals surface area contributed by atoms with E-state index in [0.717, 1.165) is 12.3 Å². The number of hydrogen-bond acceptors (Lipinski definition) is 3. The molecule has 2 aromatic rings. The molecule has 6 heteroatoms. The van der Waals surface area contributed by atoms with Crippen LogP contribution in [-0.2, 0) is 6.18 Å². The number of hydrogen-bond donors (Lipinski definition) is 0. The van der Waals surface area contributed by atoms with Crippen LogP contribution in [-0.4, -0.2) is 9.97 Å². The highest BCUT2D eigenvalue weighted by molar-refractivity contribution is 5.30. The highest BCUT2D eigenvalue weighted by Crippen LogP contribution is 2.30. The molecule has 17 heavy (non-hydrogen) atoms. The number of ether oxygens (including phenoxy) is 1.